The smallest absolute Gasteiger partial charge is 0.373 e. The largest absolute Gasteiger partial charge is 0.433 e. The first kappa shape index (κ1) is 10.5. The molecule has 1 aromatic heterocycles. The maximum absolute atomic E-state index is 12.2. The molecule has 0 amide bonds. The number of hydrogen-bond acceptors (Lipinski definition) is 5. The minimum atomic E-state index is -4.55. The molecule has 0 aliphatic carbocycles. The lowest BCUT2D eigenvalue weighted by molar-refractivity contribution is -0.141. The molecule has 0 aliphatic heterocycles. The van der Waals surface area contributed by atoms with Crippen molar-refractivity contribution in [3.63, 3.8) is 0 Å². The van der Waals surface area contributed by atoms with E-state index in [1.54, 1.807) is 0 Å². The maximum atomic E-state index is 12.2. The van der Waals surface area contributed by atoms with Crippen LogP contribution in [0.5, 0.6) is 6.01 Å². The van der Waals surface area contributed by atoms with Crippen molar-refractivity contribution in [2.75, 3.05) is 12.4 Å². The molecule has 0 atom stereocenters. The SMILES string of the molecule is CNc1cc(C(F)(F)F)nc(ON)n1. The van der Waals surface area contributed by atoms with Gasteiger partial charge in [0.15, 0.2) is 5.69 Å². The lowest BCUT2D eigenvalue weighted by Gasteiger charge is -2.08. The summed E-state index contributed by atoms with van der Waals surface area (Å²) in [5, 5.41) is 2.43. The Bertz CT molecular complexity index is 305. The topological polar surface area (TPSA) is 73.1 Å². The minimum Gasteiger partial charge on any atom is -0.373 e. The van der Waals surface area contributed by atoms with Crippen LogP contribution >= 0.6 is 0 Å². The van der Waals surface area contributed by atoms with Gasteiger partial charge in [0.2, 0.25) is 0 Å². The second kappa shape index (κ2) is 3.66. The highest BCUT2D eigenvalue weighted by Crippen LogP contribution is 2.29. The highest BCUT2D eigenvalue weighted by Gasteiger charge is 2.33. The first-order valence-electron chi connectivity index (χ1n) is 3.48. The molecule has 0 aromatic carbocycles. The second-order valence-electron chi connectivity index (χ2n) is 2.29. The number of halogens is 3. The molecule has 1 rings (SSSR count). The zero-order valence-corrected chi connectivity index (χ0v) is 7.09. The van der Waals surface area contributed by atoms with Crippen molar-refractivity contribution >= 4 is 5.82 Å². The first-order chi connectivity index (χ1) is 6.47. The molecular formula is C6H7F3N4O. The molecule has 8 heteroatoms. The van der Waals surface area contributed by atoms with E-state index in [-0.39, 0.29) is 5.82 Å². The minimum absolute atomic E-state index is 0.0206. The summed E-state index contributed by atoms with van der Waals surface area (Å²) >= 11 is 0. The molecule has 78 valence electrons. The van der Waals surface area contributed by atoms with Crippen LogP contribution in [-0.4, -0.2) is 17.0 Å². The number of hydrogen-bond donors (Lipinski definition) is 2. The standard InChI is InChI=1S/C6H7F3N4O/c1-11-4-2-3(6(7,8)9)12-5(13-4)14-10/h2H,10H2,1H3,(H,11,12,13). The predicted molar refractivity (Wildman–Crippen MR) is 41.4 cm³/mol. The highest BCUT2D eigenvalue weighted by molar-refractivity contribution is 5.37. The van der Waals surface area contributed by atoms with Crippen LogP contribution in [0.3, 0.4) is 0 Å². The molecule has 0 fully saturated rings. The average Bonchev–Trinajstić information content (AvgIpc) is 2.15. The van der Waals surface area contributed by atoms with Gasteiger partial charge in [0.1, 0.15) is 5.82 Å². The number of nitrogens with zero attached hydrogens (tertiary/aromatic N) is 2. The molecule has 5 nitrogen and oxygen atoms in total. The van der Waals surface area contributed by atoms with Crippen LogP contribution < -0.4 is 16.1 Å². The van der Waals surface area contributed by atoms with Gasteiger partial charge in [-0.15, -0.1) is 0 Å². The Morgan fingerprint density at radius 3 is 2.50 bits per heavy atom. The molecule has 0 saturated carbocycles. The summed E-state index contributed by atoms with van der Waals surface area (Å²) in [6, 6.07) is 0.215. The fraction of sp³-hybridized carbons (Fsp3) is 0.333. The van der Waals surface area contributed by atoms with Crippen LogP contribution in [0.15, 0.2) is 6.07 Å². The Morgan fingerprint density at radius 2 is 2.07 bits per heavy atom. The lowest BCUT2D eigenvalue weighted by atomic mass is 10.4. The molecule has 0 unspecified atom stereocenters. The van der Waals surface area contributed by atoms with Gasteiger partial charge in [0, 0.05) is 13.1 Å². The van der Waals surface area contributed by atoms with Crippen molar-refractivity contribution in [2.45, 2.75) is 6.18 Å². The molecule has 1 aromatic rings. The Balaban J connectivity index is 3.17. The number of anilines is 1. The fourth-order valence-corrected chi connectivity index (χ4v) is 0.751. The molecule has 0 bridgehead atoms. The van der Waals surface area contributed by atoms with Gasteiger partial charge in [-0.25, -0.2) is 0 Å². The Labute approximate surface area is 77.1 Å². The lowest BCUT2D eigenvalue weighted by Crippen LogP contribution is -2.13. The van der Waals surface area contributed by atoms with Crippen molar-refractivity contribution in [3.8, 4) is 6.01 Å². The zero-order chi connectivity index (χ0) is 10.8. The zero-order valence-electron chi connectivity index (χ0n) is 7.09. The third kappa shape index (κ3) is 2.22. The summed E-state index contributed by atoms with van der Waals surface area (Å²) in [4.78, 5) is 10.6. The van der Waals surface area contributed by atoms with Gasteiger partial charge in [-0.3, -0.25) is 0 Å². The van der Waals surface area contributed by atoms with Crippen molar-refractivity contribution in [1.29, 1.82) is 0 Å². The van der Waals surface area contributed by atoms with E-state index in [4.69, 9.17) is 0 Å². The number of aromatic nitrogens is 2. The average molecular weight is 208 g/mol. The van der Waals surface area contributed by atoms with E-state index < -0.39 is 17.9 Å². The molecule has 1 heterocycles. The van der Waals surface area contributed by atoms with E-state index in [0.717, 1.165) is 6.07 Å². The maximum Gasteiger partial charge on any atom is 0.433 e. The summed E-state index contributed by atoms with van der Waals surface area (Å²) in [6.45, 7) is 0. The Hall–Kier alpha value is -1.57. The molecule has 0 aliphatic rings. The monoisotopic (exact) mass is 208 g/mol. The van der Waals surface area contributed by atoms with Gasteiger partial charge in [-0.05, 0) is 0 Å². The van der Waals surface area contributed by atoms with Crippen LogP contribution in [0, 0.1) is 0 Å². The Kier molecular flexibility index (Phi) is 2.75. The molecule has 0 saturated heterocycles. The van der Waals surface area contributed by atoms with Gasteiger partial charge in [-0.1, -0.05) is 0 Å². The summed E-state index contributed by atoms with van der Waals surface area (Å²) in [5.41, 5.74) is -1.11. The number of rotatable bonds is 2. The van der Waals surface area contributed by atoms with Crippen LogP contribution in [0.2, 0.25) is 0 Å². The third-order valence-corrected chi connectivity index (χ3v) is 1.36. The van der Waals surface area contributed by atoms with Crippen molar-refractivity contribution in [2.24, 2.45) is 5.90 Å². The third-order valence-electron chi connectivity index (χ3n) is 1.36. The van der Waals surface area contributed by atoms with E-state index in [0.29, 0.717) is 0 Å². The van der Waals surface area contributed by atoms with Gasteiger partial charge in [-0.2, -0.15) is 29.0 Å². The van der Waals surface area contributed by atoms with Crippen LogP contribution in [0.25, 0.3) is 0 Å². The van der Waals surface area contributed by atoms with Crippen LogP contribution in [0.1, 0.15) is 5.69 Å². The number of alkyl halides is 3. The molecule has 3 N–H and O–H groups in total. The van der Waals surface area contributed by atoms with Gasteiger partial charge >= 0.3 is 12.2 Å². The highest BCUT2D eigenvalue weighted by atomic mass is 19.4. The summed E-state index contributed by atoms with van der Waals surface area (Å²) in [5.74, 6) is 4.64. The van der Waals surface area contributed by atoms with E-state index in [9.17, 15) is 13.2 Å². The predicted octanol–water partition coefficient (Wildman–Crippen LogP) is 0.790. The normalized spacial score (nSPS) is 11.2. The van der Waals surface area contributed by atoms with Crippen molar-refractivity contribution < 1.29 is 18.0 Å². The second-order valence-corrected chi connectivity index (χ2v) is 2.29. The van der Waals surface area contributed by atoms with Crippen molar-refractivity contribution in [1.82, 2.24) is 9.97 Å². The quantitative estimate of drug-likeness (QED) is 0.703. The number of nitrogens with two attached hydrogens (primary N) is 1. The van der Waals surface area contributed by atoms with E-state index in [1.165, 1.54) is 7.05 Å². The van der Waals surface area contributed by atoms with Crippen LogP contribution in [-0.2, 0) is 6.18 Å². The summed E-state index contributed by atoms with van der Waals surface area (Å²) < 4.78 is 36.6. The van der Waals surface area contributed by atoms with Gasteiger partial charge in [0.25, 0.3) is 0 Å². The van der Waals surface area contributed by atoms with Crippen LogP contribution in [0.4, 0.5) is 19.0 Å². The van der Waals surface area contributed by atoms with Gasteiger partial charge < -0.3 is 10.2 Å². The molecule has 0 radical (unpaired) electrons. The van der Waals surface area contributed by atoms with E-state index in [1.807, 2.05) is 0 Å². The first-order valence-corrected chi connectivity index (χ1v) is 3.48. The van der Waals surface area contributed by atoms with Gasteiger partial charge in [0.05, 0.1) is 0 Å². The number of nitrogens with one attached hydrogen (secondary N) is 1. The summed E-state index contributed by atoms with van der Waals surface area (Å²) in [6.07, 6.45) is -4.55. The molecule has 14 heavy (non-hydrogen) atoms. The van der Waals surface area contributed by atoms with E-state index in [2.05, 4.69) is 26.0 Å². The fourth-order valence-electron chi connectivity index (χ4n) is 0.751. The summed E-state index contributed by atoms with van der Waals surface area (Å²) in [7, 11) is 1.42. The Morgan fingerprint density at radius 1 is 1.43 bits per heavy atom. The van der Waals surface area contributed by atoms with E-state index >= 15 is 0 Å². The molecular weight excluding hydrogens is 201 g/mol. The van der Waals surface area contributed by atoms with Crippen molar-refractivity contribution in [3.05, 3.63) is 11.8 Å². The molecule has 0 spiro atoms.